The molecule has 0 atom stereocenters. The molecule has 0 aliphatic heterocycles. The third-order valence-corrected chi connectivity index (χ3v) is 5.39. The molecule has 0 fully saturated rings. The van der Waals surface area contributed by atoms with Gasteiger partial charge in [-0.3, -0.25) is 0 Å². The summed E-state index contributed by atoms with van der Waals surface area (Å²) in [7, 11) is 0. The lowest BCUT2D eigenvalue weighted by Gasteiger charge is -2.05. The summed E-state index contributed by atoms with van der Waals surface area (Å²) in [6.07, 6.45) is 15.2. The van der Waals surface area contributed by atoms with E-state index in [1.165, 1.54) is 56.9 Å². The van der Waals surface area contributed by atoms with Crippen LogP contribution in [0.15, 0.2) is 48.5 Å². The molecule has 0 aliphatic carbocycles. The summed E-state index contributed by atoms with van der Waals surface area (Å²) in [5.41, 5.74) is 2.71. The quantitative estimate of drug-likeness (QED) is 0.172. The Morgan fingerprint density at radius 2 is 1.39 bits per heavy atom. The maximum atomic E-state index is 9.83. The van der Waals surface area contributed by atoms with E-state index in [2.05, 4.69) is 31.2 Å². The van der Waals surface area contributed by atoms with Gasteiger partial charge in [0.15, 0.2) is 0 Å². The van der Waals surface area contributed by atoms with Crippen LogP contribution < -0.4 is 0 Å². The molecule has 0 saturated heterocycles. The molecule has 150 valence electrons. The van der Waals surface area contributed by atoms with Gasteiger partial charge in [0.05, 0.1) is 5.56 Å². The van der Waals surface area contributed by atoms with E-state index >= 15 is 0 Å². The van der Waals surface area contributed by atoms with E-state index in [1.807, 2.05) is 0 Å². The first-order valence-corrected chi connectivity index (χ1v) is 10.8. The normalized spacial score (nSPS) is 11.2. The van der Waals surface area contributed by atoms with Gasteiger partial charge in [-0.2, -0.15) is 0 Å². The number of hydrogen-bond donors (Lipinski definition) is 2. The SMILES string of the molecule is CCCCCCCCCCc1ccc(C(=S)C=Cc2c(O)cccc2O)cc1. The minimum Gasteiger partial charge on any atom is -0.507 e. The van der Waals surface area contributed by atoms with Crippen molar-refractivity contribution in [2.75, 3.05) is 0 Å². The van der Waals surface area contributed by atoms with E-state index in [1.54, 1.807) is 30.4 Å². The smallest absolute Gasteiger partial charge is 0.126 e. The standard InChI is InChI=1S/C25H32O2S/c1-2-3-4-5-6-7-8-9-11-20-14-16-21(17-15-20)25(28)19-18-22-23(26)12-10-13-24(22)27/h10,12-19,26-27H,2-9,11H2,1H3. The zero-order chi connectivity index (χ0) is 20.2. The number of phenols is 2. The highest BCUT2D eigenvalue weighted by Gasteiger charge is 2.04. The van der Waals surface area contributed by atoms with E-state index in [0.717, 1.165) is 12.0 Å². The van der Waals surface area contributed by atoms with Crippen molar-refractivity contribution in [3.05, 3.63) is 65.2 Å². The second-order valence-electron chi connectivity index (χ2n) is 7.33. The Morgan fingerprint density at radius 3 is 2.00 bits per heavy atom. The van der Waals surface area contributed by atoms with E-state index in [0.29, 0.717) is 10.4 Å². The second-order valence-corrected chi connectivity index (χ2v) is 7.77. The molecule has 28 heavy (non-hydrogen) atoms. The first kappa shape index (κ1) is 22.2. The Morgan fingerprint density at radius 1 is 0.821 bits per heavy atom. The van der Waals surface area contributed by atoms with Crippen molar-refractivity contribution in [2.24, 2.45) is 0 Å². The van der Waals surface area contributed by atoms with Crippen molar-refractivity contribution < 1.29 is 10.2 Å². The van der Waals surface area contributed by atoms with Crippen molar-refractivity contribution in [1.29, 1.82) is 0 Å². The minimum absolute atomic E-state index is 0.0414. The first-order valence-electron chi connectivity index (χ1n) is 10.4. The third-order valence-electron chi connectivity index (χ3n) is 5.02. The predicted octanol–water partition coefficient (Wildman–Crippen LogP) is 7.21. The van der Waals surface area contributed by atoms with Crippen LogP contribution in [0.2, 0.25) is 0 Å². The van der Waals surface area contributed by atoms with Gasteiger partial charge in [0.1, 0.15) is 11.5 Å². The van der Waals surface area contributed by atoms with E-state index in [4.69, 9.17) is 12.2 Å². The first-order chi connectivity index (χ1) is 13.6. The number of thiocarbonyl (C=S) groups is 1. The van der Waals surface area contributed by atoms with Crippen LogP contribution in [0, 0.1) is 0 Å². The molecule has 0 heterocycles. The number of allylic oxidation sites excluding steroid dienone is 1. The summed E-state index contributed by atoms with van der Waals surface area (Å²) in [6, 6.07) is 13.1. The molecule has 0 radical (unpaired) electrons. The molecule has 2 aromatic rings. The molecule has 0 aromatic heterocycles. The minimum atomic E-state index is 0.0414. The maximum Gasteiger partial charge on any atom is 0.126 e. The second kappa shape index (κ2) is 12.4. The number of benzene rings is 2. The van der Waals surface area contributed by atoms with Crippen LogP contribution in [-0.4, -0.2) is 15.1 Å². The third kappa shape index (κ3) is 7.47. The summed E-state index contributed by atoms with van der Waals surface area (Å²) in [5.74, 6) is 0.0829. The van der Waals surface area contributed by atoms with Gasteiger partial charge in [0.2, 0.25) is 0 Å². The molecule has 0 spiro atoms. The molecular weight excluding hydrogens is 364 g/mol. The van der Waals surface area contributed by atoms with Crippen molar-refractivity contribution in [1.82, 2.24) is 0 Å². The van der Waals surface area contributed by atoms with Gasteiger partial charge in [0.25, 0.3) is 0 Å². The van der Waals surface area contributed by atoms with Gasteiger partial charge in [-0.15, -0.1) is 0 Å². The molecule has 0 bridgehead atoms. The van der Waals surface area contributed by atoms with Gasteiger partial charge >= 0.3 is 0 Å². The molecule has 0 unspecified atom stereocenters. The highest BCUT2D eigenvalue weighted by Crippen LogP contribution is 2.27. The van der Waals surface area contributed by atoms with Crippen LogP contribution in [0.3, 0.4) is 0 Å². The van der Waals surface area contributed by atoms with Crippen molar-refractivity contribution in [2.45, 2.75) is 64.7 Å². The predicted molar refractivity (Wildman–Crippen MR) is 123 cm³/mol. The number of aryl methyl sites for hydroxylation is 1. The van der Waals surface area contributed by atoms with Gasteiger partial charge in [-0.05, 0) is 48.3 Å². The lowest BCUT2D eigenvalue weighted by atomic mass is 10.0. The van der Waals surface area contributed by atoms with Crippen LogP contribution in [0.4, 0.5) is 0 Å². The zero-order valence-corrected chi connectivity index (χ0v) is 17.7. The number of phenolic OH excluding ortho intramolecular Hbond substituents is 2. The van der Waals surface area contributed by atoms with Crippen molar-refractivity contribution in [3.8, 4) is 11.5 Å². The van der Waals surface area contributed by atoms with Crippen molar-refractivity contribution >= 4 is 23.2 Å². The maximum absolute atomic E-state index is 9.83. The number of hydrogen-bond acceptors (Lipinski definition) is 3. The van der Waals surface area contributed by atoms with Crippen LogP contribution in [0.25, 0.3) is 6.08 Å². The van der Waals surface area contributed by atoms with Crippen LogP contribution in [0.1, 0.15) is 75.0 Å². The zero-order valence-electron chi connectivity index (χ0n) is 16.9. The highest BCUT2D eigenvalue weighted by molar-refractivity contribution is 7.81. The molecule has 0 amide bonds. The van der Waals surface area contributed by atoms with Gasteiger partial charge in [0, 0.05) is 4.86 Å². The fourth-order valence-corrected chi connectivity index (χ4v) is 3.47. The van der Waals surface area contributed by atoms with Gasteiger partial charge < -0.3 is 10.2 Å². The Labute approximate surface area is 174 Å². The summed E-state index contributed by atoms with van der Waals surface area (Å²) in [5, 5.41) is 19.7. The molecule has 2 N–H and O–H groups in total. The summed E-state index contributed by atoms with van der Waals surface area (Å²) in [6.45, 7) is 2.26. The number of rotatable bonds is 12. The number of unbranched alkanes of at least 4 members (excludes halogenated alkanes) is 7. The fourth-order valence-electron chi connectivity index (χ4n) is 3.27. The van der Waals surface area contributed by atoms with Crippen LogP contribution in [-0.2, 0) is 6.42 Å². The summed E-state index contributed by atoms with van der Waals surface area (Å²) >= 11 is 5.46. The monoisotopic (exact) mass is 396 g/mol. The molecule has 0 aliphatic rings. The van der Waals surface area contributed by atoms with Gasteiger partial charge in [-0.1, -0.05) is 94.4 Å². The van der Waals surface area contributed by atoms with Gasteiger partial charge in [-0.25, -0.2) is 0 Å². The van der Waals surface area contributed by atoms with Crippen molar-refractivity contribution in [3.63, 3.8) is 0 Å². The fraction of sp³-hybridized carbons (Fsp3) is 0.400. The average molecular weight is 397 g/mol. The average Bonchev–Trinajstić information content (AvgIpc) is 2.70. The molecule has 2 nitrogen and oxygen atoms in total. The molecule has 2 aromatic carbocycles. The molecular formula is C25H32O2S. The van der Waals surface area contributed by atoms with E-state index in [-0.39, 0.29) is 11.5 Å². The molecule has 2 rings (SSSR count). The topological polar surface area (TPSA) is 40.5 Å². The summed E-state index contributed by atoms with van der Waals surface area (Å²) in [4.78, 5) is 0.682. The number of aromatic hydroxyl groups is 2. The molecule has 3 heteroatoms. The van der Waals surface area contributed by atoms with E-state index in [9.17, 15) is 10.2 Å². The highest BCUT2D eigenvalue weighted by atomic mass is 32.1. The lowest BCUT2D eigenvalue weighted by Crippen LogP contribution is -1.94. The Bertz CT molecular complexity index is 742. The Kier molecular flexibility index (Phi) is 9.78. The molecule has 0 saturated carbocycles. The largest absolute Gasteiger partial charge is 0.507 e. The van der Waals surface area contributed by atoms with Crippen LogP contribution >= 0.6 is 12.2 Å². The lowest BCUT2D eigenvalue weighted by molar-refractivity contribution is 0.448. The van der Waals surface area contributed by atoms with E-state index < -0.39 is 0 Å². The Hall–Kier alpha value is -2.13. The Balaban J connectivity index is 1.77. The van der Waals surface area contributed by atoms with Crippen LogP contribution in [0.5, 0.6) is 11.5 Å². The summed E-state index contributed by atoms with van der Waals surface area (Å²) < 4.78 is 0.